The number of benzene rings is 2. The second-order valence-corrected chi connectivity index (χ2v) is 5.32. The number of hydrogen-bond donors (Lipinski definition) is 0. The van der Waals surface area contributed by atoms with Crippen LogP contribution in [0.4, 0.5) is 5.69 Å². The Bertz CT molecular complexity index is 698. The van der Waals surface area contributed by atoms with Gasteiger partial charge in [0.1, 0.15) is 0 Å². The Morgan fingerprint density at radius 3 is 2.14 bits per heavy atom. The fraction of sp³-hybridized carbons (Fsp3) is 0.167. The van der Waals surface area contributed by atoms with Gasteiger partial charge in [0.15, 0.2) is 5.78 Å². The highest BCUT2D eigenvalue weighted by atomic mass is 16.6. The van der Waals surface area contributed by atoms with Crippen molar-refractivity contribution in [3.8, 4) is 0 Å². The molecule has 0 aliphatic carbocycles. The van der Waals surface area contributed by atoms with Crippen molar-refractivity contribution in [3.05, 3.63) is 81.4 Å². The van der Waals surface area contributed by atoms with Crippen LogP contribution in [-0.4, -0.2) is 10.7 Å². The van der Waals surface area contributed by atoms with Crippen LogP contribution in [-0.2, 0) is 0 Å². The maximum absolute atomic E-state index is 12.1. The first-order chi connectivity index (χ1) is 10.5. The van der Waals surface area contributed by atoms with Crippen molar-refractivity contribution in [1.29, 1.82) is 0 Å². The molecule has 0 N–H and O–H groups in total. The zero-order chi connectivity index (χ0) is 16.1. The van der Waals surface area contributed by atoms with Crippen LogP contribution in [0, 0.1) is 10.1 Å². The third-order valence-electron chi connectivity index (χ3n) is 3.39. The molecule has 0 aromatic heterocycles. The van der Waals surface area contributed by atoms with Gasteiger partial charge in [-0.1, -0.05) is 44.2 Å². The fourth-order valence-electron chi connectivity index (χ4n) is 2.01. The first-order valence-electron chi connectivity index (χ1n) is 7.04. The molecule has 0 atom stereocenters. The zero-order valence-electron chi connectivity index (χ0n) is 12.5. The standard InChI is InChI=1S/C18H17NO3/c1-13(2)15-6-8-16(9-7-15)18(20)12-5-14-3-10-17(11-4-14)19(21)22/h3-13H,1-2H3. The van der Waals surface area contributed by atoms with E-state index in [9.17, 15) is 14.9 Å². The average Bonchev–Trinajstić information content (AvgIpc) is 2.53. The van der Waals surface area contributed by atoms with Crippen molar-refractivity contribution in [3.63, 3.8) is 0 Å². The molecule has 0 bridgehead atoms. The summed E-state index contributed by atoms with van der Waals surface area (Å²) in [6.45, 7) is 4.21. The number of carbonyl (C=O) groups is 1. The van der Waals surface area contributed by atoms with Gasteiger partial charge in [0.2, 0.25) is 0 Å². The highest BCUT2D eigenvalue weighted by molar-refractivity contribution is 6.06. The summed E-state index contributed by atoms with van der Waals surface area (Å²) in [6, 6.07) is 13.6. The van der Waals surface area contributed by atoms with Crippen LogP contribution < -0.4 is 0 Å². The smallest absolute Gasteiger partial charge is 0.269 e. The normalized spacial score (nSPS) is 11.0. The highest BCUT2D eigenvalue weighted by Gasteiger charge is 2.05. The third kappa shape index (κ3) is 3.88. The van der Waals surface area contributed by atoms with Gasteiger partial charge in [0.05, 0.1) is 4.92 Å². The summed E-state index contributed by atoms with van der Waals surface area (Å²) in [5.74, 6) is 0.341. The van der Waals surface area contributed by atoms with Crippen LogP contribution in [0.25, 0.3) is 6.08 Å². The molecular weight excluding hydrogens is 278 g/mol. The summed E-state index contributed by atoms with van der Waals surface area (Å²) in [6.07, 6.45) is 3.13. The van der Waals surface area contributed by atoms with E-state index in [1.165, 1.54) is 23.8 Å². The molecule has 0 saturated heterocycles. The minimum absolute atomic E-state index is 0.0350. The van der Waals surface area contributed by atoms with Gasteiger partial charge in [0, 0.05) is 17.7 Å². The van der Waals surface area contributed by atoms with Crippen molar-refractivity contribution < 1.29 is 9.72 Å². The summed E-state index contributed by atoms with van der Waals surface area (Å²) in [4.78, 5) is 22.2. The molecule has 0 aliphatic rings. The first kappa shape index (κ1) is 15.6. The van der Waals surface area contributed by atoms with Gasteiger partial charge in [-0.05, 0) is 35.3 Å². The molecule has 0 amide bonds. The lowest BCUT2D eigenvalue weighted by Gasteiger charge is -2.05. The molecule has 0 aliphatic heterocycles. The summed E-state index contributed by atoms with van der Waals surface area (Å²) >= 11 is 0. The van der Waals surface area contributed by atoms with Gasteiger partial charge in [-0.2, -0.15) is 0 Å². The van der Waals surface area contributed by atoms with E-state index in [0.29, 0.717) is 11.5 Å². The lowest BCUT2D eigenvalue weighted by molar-refractivity contribution is -0.384. The Labute approximate surface area is 129 Å². The quantitative estimate of drug-likeness (QED) is 0.350. The van der Waals surface area contributed by atoms with Crippen molar-refractivity contribution in [2.45, 2.75) is 19.8 Å². The number of allylic oxidation sites excluding steroid dienone is 1. The Morgan fingerprint density at radius 1 is 1.05 bits per heavy atom. The largest absolute Gasteiger partial charge is 0.289 e. The molecule has 0 radical (unpaired) electrons. The lowest BCUT2D eigenvalue weighted by Crippen LogP contribution is -1.95. The highest BCUT2D eigenvalue weighted by Crippen LogP contribution is 2.16. The Balaban J connectivity index is 2.08. The predicted octanol–water partition coefficient (Wildman–Crippen LogP) is 4.61. The van der Waals surface area contributed by atoms with Crippen LogP contribution in [0.15, 0.2) is 54.6 Å². The van der Waals surface area contributed by atoms with Gasteiger partial charge < -0.3 is 0 Å². The van der Waals surface area contributed by atoms with E-state index in [-0.39, 0.29) is 11.5 Å². The Hall–Kier alpha value is -2.75. The number of rotatable bonds is 5. The first-order valence-corrected chi connectivity index (χ1v) is 7.04. The molecule has 0 saturated carbocycles. The molecule has 4 nitrogen and oxygen atoms in total. The summed E-state index contributed by atoms with van der Waals surface area (Å²) in [5.41, 5.74) is 2.60. The molecule has 0 fully saturated rings. The molecule has 2 aromatic rings. The van der Waals surface area contributed by atoms with Crippen LogP contribution >= 0.6 is 0 Å². The second-order valence-electron chi connectivity index (χ2n) is 5.32. The van der Waals surface area contributed by atoms with Crippen LogP contribution in [0.1, 0.15) is 41.3 Å². The molecule has 0 unspecified atom stereocenters. The average molecular weight is 295 g/mol. The minimum atomic E-state index is -0.449. The van der Waals surface area contributed by atoms with E-state index in [1.807, 2.05) is 24.3 Å². The maximum atomic E-state index is 12.1. The zero-order valence-corrected chi connectivity index (χ0v) is 12.5. The van der Waals surface area contributed by atoms with Gasteiger partial charge in [0.25, 0.3) is 5.69 Å². The molecule has 22 heavy (non-hydrogen) atoms. The molecule has 0 heterocycles. The summed E-state index contributed by atoms with van der Waals surface area (Å²) in [5, 5.41) is 10.6. The van der Waals surface area contributed by atoms with Crippen molar-refractivity contribution >= 4 is 17.5 Å². The van der Waals surface area contributed by atoms with E-state index >= 15 is 0 Å². The number of hydrogen-bond acceptors (Lipinski definition) is 3. The topological polar surface area (TPSA) is 60.2 Å². The van der Waals surface area contributed by atoms with Gasteiger partial charge in [-0.25, -0.2) is 0 Å². The van der Waals surface area contributed by atoms with E-state index in [0.717, 1.165) is 5.56 Å². The van der Waals surface area contributed by atoms with Crippen molar-refractivity contribution in [1.82, 2.24) is 0 Å². The second kappa shape index (κ2) is 6.80. The van der Waals surface area contributed by atoms with Gasteiger partial charge in [-0.3, -0.25) is 14.9 Å². The summed E-state index contributed by atoms with van der Waals surface area (Å²) in [7, 11) is 0. The molecule has 4 heteroatoms. The van der Waals surface area contributed by atoms with Crippen molar-refractivity contribution in [2.75, 3.05) is 0 Å². The summed E-state index contributed by atoms with van der Waals surface area (Å²) < 4.78 is 0. The molecular formula is C18H17NO3. The Kier molecular flexibility index (Phi) is 4.84. The number of non-ortho nitro benzene ring substituents is 1. The molecule has 2 aromatic carbocycles. The maximum Gasteiger partial charge on any atom is 0.269 e. The Morgan fingerprint density at radius 2 is 1.64 bits per heavy atom. The monoisotopic (exact) mass is 295 g/mol. The van der Waals surface area contributed by atoms with E-state index in [2.05, 4.69) is 13.8 Å². The number of nitro benzene ring substituents is 1. The predicted molar refractivity (Wildman–Crippen MR) is 87.0 cm³/mol. The van der Waals surface area contributed by atoms with E-state index < -0.39 is 4.92 Å². The third-order valence-corrected chi connectivity index (χ3v) is 3.39. The molecule has 2 rings (SSSR count). The van der Waals surface area contributed by atoms with Gasteiger partial charge in [-0.15, -0.1) is 0 Å². The van der Waals surface area contributed by atoms with Crippen LogP contribution in [0.3, 0.4) is 0 Å². The number of nitro groups is 1. The van der Waals surface area contributed by atoms with Crippen LogP contribution in [0.2, 0.25) is 0 Å². The van der Waals surface area contributed by atoms with Gasteiger partial charge >= 0.3 is 0 Å². The SMILES string of the molecule is CC(C)c1ccc(C(=O)C=Cc2ccc([N+](=O)[O-])cc2)cc1. The van der Waals surface area contributed by atoms with E-state index in [1.54, 1.807) is 18.2 Å². The number of carbonyl (C=O) groups excluding carboxylic acids is 1. The minimum Gasteiger partial charge on any atom is -0.289 e. The number of nitrogens with zero attached hydrogens (tertiary/aromatic N) is 1. The van der Waals surface area contributed by atoms with E-state index in [4.69, 9.17) is 0 Å². The fourth-order valence-corrected chi connectivity index (χ4v) is 2.01. The number of ketones is 1. The van der Waals surface area contributed by atoms with Crippen molar-refractivity contribution in [2.24, 2.45) is 0 Å². The van der Waals surface area contributed by atoms with Crippen LogP contribution in [0.5, 0.6) is 0 Å². The molecule has 112 valence electrons. The molecule has 0 spiro atoms. The lowest BCUT2D eigenvalue weighted by atomic mass is 10.0.